The molecule has 6 heteroatoms. The van der Waals surface area contributed by atoms with Gasteiger partial charge in [0, 0.05) is 0 Å². The van der Waals surface area contributed by atoms with E-state index in [1.807, 2.05) is 13.8 Å². The molecule has 0 aromatic carbocycles. The predicted octanol–water partition coefficient (Wildman–Crippen LogP) is 1.89. The fourth-order valence-corrected chi connectivity index (χ4v) is 2.84. The minimum Gasteiger partial charge on any atom is -0.466 e. The summed E-state index contributed by atoms with van der Waals surface area (Å²) in [4.78, 5) is 37.4. The molecular weight excluding hydrogens is 274 g/mol. The fraction of sp³-hybridized carbons (Fsp3) is 0.667. The van der Waals surface area contributed by atoms with Crippen molar-refractivity contribution in [2.75, 3.05) is 19.8 Å². The number of esters is 1. The minimum absolute atomic E-state index is 0.217. The first-order valence-electron chi connectivity index (χ1n) is 7.25. The number of allylic oxidation sites excluding steroid dienone is 2. The van der Waals surface area contributed by atoms with Gasteiger partial charge in [0.1, 0.15) is 6.61 Å². The topological polar surface area (TPSA) is 72.9 Å². The second kappa shape index (κ2) is 6.28. The molecule has 0 aromatic rings. The quantitative estimate of drug-likeness (QED) is 0.587. The van der Waals surface area contributed by atoms with E-state index >= 15 is 0 Å². The Labute approximate surface area is 124 Å². The lowest BCUT2D eigenvalue weighted by atomic mass is 9.76. The van der Waals surface area contributed by atoms with Crippen molar-refractivity contribution in [3.05, 3.63) is 11.1 Å². The monoisotopic (exact) mass is 295 g/mol. The van der Waals surface area contributed by atoms with Crippen LogP contribution in [-0.4, -0.2) is 42.6 Å². The molecule has 1 saturated heterocycles. The fourth-order valence-electron chi connectivity index (χ4n) is 2.84. The average Bonchev–Trinajstić information content (AvgIpc) is 2.87. The van der Waals surface area contributed by atoms with Gasteiger partial charge in [0.15, 0.2) is 0 Å². The van der Waals surface area contributed by atoms with E-state index in [0.29, 0.717) is 12.8 Å². The summed E-state index contributed by atoms with van der Waals surface area (Å²) in [5.41, 5.74) is 2.21. The molecule has 0 N–H and O–H groups in total. The van der Waals surface area contributed by atoms with Crippen LogP contribution in [0.2, 0.25) is 0 Å². The van der Waals surface area contributed by atoms with Crippen molar-refractivity contribution < 1.29 is 23.9 Å². The van der Waals surface area contributed by atoms with Crippen LogP contribution in [0, 0.1) is 11.8 Å². The lowest BCUT2D eigenvalue weighted by molar-refractivity contribution is -0.154. The minimum atomic E-state index is -0.619. The summed E-state index contributed by atoms with van der Waals surface area (Å²) in [6, 6.07) is 0. The Kier molecular flexibility index (Phi) is 4.65. The summed E-state index contributed by atoms with van der Waals surface area (Å²) in [7, 11) is 0. The van der Waals surface area contributed by atoms with E-state index in [0.717, 1.165) is 16.0 Å². The number of cyclic esters (lactones) is 1. The molecule has 0 spiro atoms. The maximum atomic E-state index is 12.6. The van der Waals surface area contributed by atoms with Crippen molar-refractivity contribution in [3.8, 4) is 0 Å². The van der Waals surface area contributed by atoms with Gasteiger partial charge in [0.25, 0.3) is 0 Å². The lowest BCUT2D eigenvalue weighted by Crippen LogP contribution is -2.43. The summed E-state index contributed by atoms with van der Waals surface area (Å²) in [6.45, 7) is 6.42. The first-order chi connectivity index (χ1) is 9.95. The van der Waals surface area contributed by atoms with Gasteiger partial charge >= 0.3 is 12.1 Å². The number of nitrogens with zero attached hydrogens (tertiary/aromatic N) is 1. The molecule has 1 aliphatic heterocycles. The molecule has 2 amide bonds. The summed E-state index contributed by atoms with van der Waals surface area (Å²) in [5.74, 6) is -1.76. The van der Waals surface area contributed by atoms with Crippen LogP contribution in [-0.2, 0) is 19.1 Å². The number of carbonyl (C=O) groups is 3. The van der Waals surface area contributed by atoms with Crippen LogP contribution in [0.15, 0.2) is 11.1 Å². The third kappa shape index (κ3) is 3.09. The molecule has 1 fully saturated rings. The van der Waals surface area contributed by atoms with Crippen molar-refractivity contribution in [1.29, 1.82) is 0 Å². The zero-order valence-electron chi connectivity index (χ0n) is 12.7. The second-order valence-electron chi connectivity index (χ2n) is 5.54. The van der Waals surface area contributed by atoms with Crippen LogP contribution in [0.4, 0.5) is 4.79 Å². The third-order valence-electron chi connectivity index (χ3n) is 4.20. The van der Waals surface area contributed by atoms with Gasteiger partial charge in [-0.2, -0.15) is 0 Å². The normalized spacial score (nSPS) is 25.9. The Balaban J connectivity index is 2.22. The van der Waals surface area contributed by atoms with Gasteiger partial charge in [-0.1, -0.05) is 11.1 Å². The number of hydrogen-bond donors (Lipinski definition) is 0. The molecule has 0 radical (unpaired) electrons. The molecule has 116 valence electrons. The van der Waals surface area contributed by atoms with Gasteiger partial charge in [0.05, 0.1) is 25.0 Å². The van der Waals surface area contributed by atoms with E-state index in [1.54, 1.807) is 6.92 Å². The SMILES string of the molecule is CCOC(=O)[C@@H]1CC(C)=C(C)C[C@H]1C(=O)N1CCOC1=O. The van der Waals surface area contributed by atoms with Crippen LogP contribution in [0.25, 0.3) is 0 Å². The summed E-state index contributed by atoms with van der Waals surface area (Å²) in [5, 5.41) is 0. The highest BCUT2D eigenvalue weighted by atomic mass is 16.6. The van der Waals surface area contributed by atoms with Crippen molar-refractivity contribution in [2.45, 2.75) is 33.6 Å². The molecule has 0 bridgehead atoms. The molecule has 1 aliphatic carbocycles. The Morgan fingerprint density at radius 2 is 1.86 bits per heavy atom. The first-order valence-corrected chi connectivity index (χ1v) is 7.25. The number of amides is 2. The summed E-state index contributed by atoms with van der Waals surface area (Å²) in [6.07, 6.45) is 0.369. The molecule has 0 unspecified atom stereocenters. The molecule has 1 heterocycles. The van der Waals surface area contributed by atoms with Crippen LogP contribution >= 0.6 is 0 Å². The van der Waals surface area contributed by atoms with E-state index < -0.39 is 17.9 Å². The van der Waals surface area contributed by atoms with Crippen molar-refractivity contribution >= 4 is 18.0 Å². The Morgan fingerprint density at radius 1 is 1.24 bits per heavy atom. The van der Waals surface area contributed by atoms with Gasteiger partial charge in [0.2, 0.25) is 5.91 Å². The molecule has 2 rings (SSSR count). The lowest BCUT2D eigenvalue weighted by Gasteiger charge is -2.32. The van der Waals surface area contributed by atoms with E-state index in [9.17, 15) is 14.4 Å². The van der Waals surface area contributed by atoms with E-state index in [2.05, 4.69) is 0 Å². The Bertz CT molecular complexity index is 496. The van der Waals surface area contributed by atoms with Gasteiger partial charge in [-0.05, 0) is 33.6 Å². The van der Waals surface area contributed by atoms with Gasteiger partial charge in [-0.15, -0.1) is 0 Å². The van der Waals surface area contributed by atoms with Gasteiger partial charge < -0.3 is 9.47 Å². The standard InChI is InChI=1S/C15H21NO5/c1-4-20-14(18)12-8-10(3)9(2)7-11(12)13(17)16-5-6-21-15(16)19/h11-12H,4-8H2,1-3H3/t11-,12-/m1/s1. The molecule has 21 heavy (non-hydrogen) atoms. The van der Waals surface area contributed by atoms with Crippen molar-refractivity contribution in [3.63, 3.8) is 0 Å². The first kappa shape index (κ1) is 15.5. The number of ether oxygens (including phenoxy) is 2. The van der Waals surface area contributed by atoms with Crippen LogP contribution < -0.4 is 0 Å². The average molecular weight is 295 g/mol. The van der Waals surface area contributed by atoms with Crippen LogP contribution in [0.1, 0.15) is 33.6 Å². The smallest absolute Gasteiger partial charge is 0.416 e. The largest absolute Gasteiger partial charge is 0.466 e. The zero-order valence-corrected chi connectivity index (χ0v) is 12.7. The maximum Gasteiger partial charge on any atom is 0.416 e. The third-order valence-corrected chi connectivity index (χ3v) is 4.20. The maximum absolute atomic E-state index is 12.6. The van der Waals surface area contributed by atoms with Gasteiger partial charge in [-0.25, -0.2) is 9.69 Å². The van der Waals surface area contributed by atoms with E-state index in [-0.39, 0.29) is 31.6 Å². The molecule has 0 saturated carbocycles. The highest BCUT2D eigenvalue weighted by molar-refractivity contribution is 5.96. The van der Waals surface area contributed by atoms with Crippen LogP contribution in [0.5, 0.6) is 0 Å². The predicted molar refractivity (Wildman–Crippen MR) is 74.3 cm³/mol. The zero-order chi connectivity index (χ0) is 15.6. The Hall–Kier alpha value is -1.85. The summed E-state index contributed by atoms with van der Waals surface area (Å²) >= 11 is 0. The highest BCUT2D eigenvalue weighted by Crippen LogP contribution is 2.36. The Morgan fingerprint density at radius 3 is 2.38 bits per heavy atom. The number of rotatable bonds is 3. The molecule has 0 aromatic heterocycles. The number of carbonyl (C=O) groups excluding carboxylic acids is 3. The molecule has 6 nitrogen and oxygen atoms in total. The van der Waals surface area contributed by atoms with Gasteiger partial charge in [-0.3, -0.25) is 9.59 Å². The number of imide groups is 1. The molecular formula is C15H21NO5. The molecule has 2 aliphatic rings. The summed E-state index contributed by atoms with van der Waals surface area (Å²) < 4.78 is 9.89. The van der Waals surface area contributed by atoms with Crippen molar-refractivity contribution in [1.82, 2.24) is 4.90 Å². The highest BCUT2D eigenvalue weighted by Gasteiger charge is 2.42. The van der Waals surface area contributed by atoms with E-state index in [1.165, 1.54) is 0 Å². The molecule has 2 atom stereocenters. The van der Waals surface area contributed by atoms with Crippen molar-refractivity contribution in [2.24, 2.45) is 11.8 Å². The number of hydrogen-bond acceptors (Lipinski definition) is 5. The van der Waals surface area contributed by atoms with E-state index in [4.69, 9.17) is 9.47 Å². The second-order valence-corrected chi connectivity index (χ2v) is 5.54. The van der Waals surface area contributed by atoms with Crippen LogP contribution in [0.3, 0.4) is 0 Å².